The molecule has 0 radical (unpaired) electrons. The summed E-state index contributed by atoms with van der Waals surface area (Å²) in [5, 5.41) is 10.9. The third-order valence-electron chi connectivity index (χ3n) is 6.92. The van der Waals surface area contributed by atoms with E-state index in [4.69, 9.17) is 5.73 Å². The van der Waals surface area contributed by atoms with E-state index in [1.54, 1.807) is 18.2 Å². The molecule has 33 heavy (non-hydrogen) atoms. The maximum absolute atomic E-state index is 11.5. The zero-order valence-corrected chi connectivity index (χ0v) is 19.4. The Kier molecular flexibility index (Phi) is 6.99. The van der Waals surface area contributed by atoms with Gasteiger partial charge in [0.2, 0.25) is 5.91 Å². The van der Waals surface area contributed by atoms with Crippen LogP contribution in [0.2, 0.25) is 0 Å². The molecule has 5 nitrogen and oxygen atoms in total. The maximum atomic E-state index is 11.5. The molecule has 1 heterocycles. The van der Waals surface area contributed by atoms with E-state index in [-0.39, 0.29) is 11.8 Å². The summed E-state index contributed by atoms with van der Waals surface area (Å²) < 4.78 is 0. The summed E-state index contributed by atoms with van der Waals surface area (Å²) >= 11 is 0. The molecule has 3 aromatic rings. The van der Waals surface area contributed by atoms with Gasteiger partial charge in [0, 0.05) is 18.2 Å². The molecule has 1 unspecified atom stereocenters. The molecule has 1 aliphatic rings. The van der Waals surface area contributed by atoms with Gasteiger partial charge >= 0.3 is 0 Å². The fraction of sp³-hybridized carbons (Fsp3) is 0.321. The molecule has 4 rings (SSSR count). The lowest BCUT2D eigenvalue weighted by Crippen LogP contribution is -2.43. The van der Waals surface area contributed by atoms with Crippen LogP contribution in [-0.4, -0.2) is 42.1 Å². The van der Waals surface area contributed by atoms with Crippen molar-refractivity contribution in [3.8, 4) is 16.9 Å². The molecule has 5 heteroatoms. The zero-order valence-electron chi connectivity index (χ0n) is 19.4. The first-order valence-electron chi connectivity index (χ1n) is 11.6. The average molecular weight is 444 g/mol. The second-order valence-electron chi connectivity index (χ2n) is 9.14. The van der Waals surface area contributed by atoms with Crippen molar-refractivity contribution in [1.29, 1.82) is 0 Å². The quantitative estimate of drug-likeness (QED) is 0.545. The first kappa shape index (κ1) is 22.9. The molecule has 1 saturated heterocycles. The summed E-state index contributed by atoms with van der Waals surface area (Å²) in [6.45, 7) is 5.08. The summed E-state index contributed by atoms with van der Waals surface area (Å²) in [5.41, 5.74) is 10.0. The van der Waals surface area contributed by atoms with Gasteiger partial charge in [0.05, 0.1) is 5.69 Å². The second-order valence-corrected chi connectivity index (χ2v) is 9.14. The Morgan fingerprint density at radius 2 is 1.70 bits per heavy atom. The standard InChI is InChI=1S/C28H33N3O2/c1-20(22-14-16-30(2)17-15-22)31(19-21-8-10-24(11-9-21)28(29)33)26-18-25(12-13-27(26)32)23-6-4-3-5-7-23/h3-13,18,20,22,32H,14-17,19H2,1-2H3,(H2,29,33). The predicted octanol–water partition coefficient (Wildman–Crippen LogP) is 4.90. The third kappa shape index (κ3) is 5.37. The van der Waals surface area contributed by atoms with Crippen molar-refractivity contribution in [2.45, 2.75) is 32.4 Å². The van der Waals surface area contributed by atoms with E-state index in [1.807, 2.05) is 36.4 Å². The van der Waals surface area contributed by atoms with Gasteiger partial charge in [-0.05, 0) is 86.8 Å². The first-order valence-corrected chi connectivity index (χ1v) is 11.6. The number of rotatable bonds is 7. The molecule has 1 aliphatic heterocycles. The summed E-state index contributed by atoms with van der Waals surface area (Å²) in [7, 11) is 2.17. The molecule has 1 atom stereocenters. The molecule has 3 N–H and O–H groups in total. The second kappa shape index (κ2) is 10.1. The number of aromatic hydroxyl groups is 1. The van der Waals surface area contributed by atoms with E-state index < -0.39 is 5.91 Å². The number of carbonyl (C=O) groups excluding carboxylic acids is 1. The van der Waals surface area contributed by atoms with E-state index >= 15 is 0 Å². The number of nitrogens with two attached hydrogens (primary N) is 1. The predicted molar refractivity (Wildman–Crippen MR) is 134 cm³/mol. The highest BCUT2D eigenvalue weighted by atomic mass is 16.3. The summed E-state index contributed by atoms with van der Waals surface area (Å²) in [5.74, 6) is 0.389. The number of amides is 1. The molecule has 0 saturated carbocycles. The number of phenols is 1. The van der Waals surface area contributed by atoms with Crippen LogP contribution >= 0.6 is 0 Å². The molecule has 3 aromatic carbocycles. The fourth-order valence-corrected chi connectivity index (χ4v) is 4.75. The number of carbonyl (C=O) groups is 1. The molecule has 0 aromatic heterocycles. The van der Waals surface area contributed by atoms with Crippen LogP contribution in [0.4, 0.5) is 5.69 Å². The summed E-state index contributed by atoms with van der Waals surface area (Å²) in [6.07, 6.45) is 2.27. The highest BCUT2D eigenvalue weighted by Crippen LogP contribution is 2.37. The molecule has 1 amide bonds. The van der Waals surface area contributed by atoms with Crippen LogP contribution in [0.1, 0.15) is 35.7 Å². The van der Waals surface area contributed by atoms with Crippen LogP contribution in [0.3, 0.4) is 0 Å². The molecule has 172 valence electrons. The number of primary amides is 1. The monoisotopic (exact) mass is 443 g/mol. The Labute approximate surface area is 196 Å². The lowest BCUT2D eigenvalue weighted by molar-refractivity contribution is 0.100. The van der Waals surface area contributed by atoms with Gasteiger partial charge in [-0.1, -0.05) is 48.5 Å². The van der Waals surface area contributed by atoms with Gasteiger partial charge in [-0.3, -0.25) is 4.79 Å². The number of phenolic OH excluding ortho intramolecular Hbond substituents is 1. The number of nitrogens with zero attached hydrogens (tertiary/aromatic N) is 2. The van der Waals surface area contributed by atoms with Crippen molar-refractivity contribution >= 4 is 11.6 Å². The van der Waals surface area contributed by atoms with Gasteiger partial charge in [-0.25, -0.2) is 0 Å². The minimum Gasteiger partial charge on any atom is -0.506 e. The Bertz CT molecular complexity index is 1070. The highest BCUT2D eigenvalue weighted by molar-refractivity contribution is 5.92. The number of hydrogen-bond donors (Lipinski definition) is 2. The summed E-state index contributed by atoms with van der Waals surface area (Å²) in [6, 6.07) is 23.8. The fourth-order valence-electron chi connectivity index (χ4n) is 4.75. The van der Waals surface area contributed by atoms with Crippen molar-refractivity contribution < 1.29 is 9.90 Å². The molecular weight excluding hydrogens is 410 g/mol. The third-order valence-corrected chi connectivity index (χ3v) is 6.92. The highest BCUT2D eigenvalue weighted by Gasteiger charge is 2.28. The lowest BCUT2D eigenvalue weighted by atomic mass is 9.88. The lowest BCUT2D eigenvalue weighted by Gasteiger charge is -2.40. The van der Waals surface area contributed by atoms with Crippen molar-refractivity contribution in [1.82, 2.24) is 4.90 Å². The largest absolute Gasteiger partial charge is 0.506 e. The van der Waals surface area contributed by atoms with Crippen LogP contribution in [-0.2, 0) is 6.54 Å². The van der Waals surface area contributed by atoms with E-state index in [0.717, 1.165) is 48.3 Å². The topological polar surface area (TPSA) is 69.8 Å². The van der Waals surface area contributed by atoms with Crippen molar-refractivity contribution in [2.75, 3.05) is 25.0 Å². The molecule has 0 bridgehead atoms. The van der Waals surface area contributed by atoms with Crippen LogP contribution in [0.25, 0.3) is 11.1 Å². The van der Waals surface area contributed by atoms with Gasteiger partial charge in [-0.15, -0.1) is 0 Å². The van der Waals surface area contributed by atoms with Crippen molar-refractivity contribution in [3.63, 3.8) is 0 Å². The van der Waals surface area contributed by atoms with E-state index in [1.165, 1.54) is 0 Å². The van der Waals surface area contributed by atoms with E-state index in [2.05, 4.69) is 42.0 Å². The van der Waals surface area contributed by atoms with Crippen LogP contribution in [0.5, 0.6) is 5.75 Å². The average Bonchev–Trinajstić information content (AvgIpc) is 2.84. The molecular formula is C28H33N3O2. The Balaban J connectivity index is 1.69. The van der Waals surface area contributed by atoms with Crippen LogP contribution in [0, 0.1) is 5.92 Å². The number of hydrogen-bond acceptors (Lipinski definition) is 4. The van der Waals surface area contributed by atoms with Gasteiger partial charge in [0.1, 0.15) is 5.75 Å². The number of likely N-dealkylation sites (tertiary alicyclic amines) is 1. The minimum absolute atomic E-state index is 0.242. The van der Waals surface area contributed by atoms with Gasteiger partial charge < -0.3 is 20.6 Å². The van der Waals surface area contributed by atoms with Crippen LogP contribution in [0.15, 0.2) is 72.8 Å². The first-order chi connectivity index (χ1) is 15.9. The Morgan fingerprint density at radius 3 is 2.33 bits per heavy atom. The van der Waals surface area contributed by atoms with Gasteiger partial charge in [-0.2, -0.15) is 0 Å². The molecule has 0 spiro atoms. The molecule has 0 aliphatic carbocycles. The number of piperidine rings is 1. The van der Waals surface area contributed by atoms with Gasteiger partial charge in [0.25, 0.3) is 0 Å². The number of benzene rings is 3. The maximum Gasteiger partial charge on any atom is 0.248 e. The van der Waals surface area contributed by atoms with Crippen LogP contribution < -0.4 is 10.6 Å². The van der Waals surface area contributed by atoms with Crippen molar-refractivity contribution in [3.05, 3.63) is 83.9 Å². The summed E-state index contributed by atoms with van der Waals surface area (Å²) in [4.78, 5) is 16.2. The molecule has 1 fully saturated rings. The van der Waals surface area contributed by atoms with E-state index in [0.29, 0.717) is 18.0 Å². The number of anilines is 1. The Morgan fingerprint density at radius 1 is 1.03 bits per heavy atom. The minimum atomic E-state index is -0.425. The SMILES string of the molecule is CC(C1CCN(C)CC1)N(Cc1ccc(C(N)=O)cc1)c1cc(-c2ccccc2)ccc1O. The van der Waals surface area contributed by atoms with E-state index in [9.17, 15) is 9.90 Å². The smallest absolute Gasteiger partial charge is 0.248 e. The normalized spacial score (nSPS) is 15.8. The van der Waals surface area contributed by atoms with Crippen molar-refractivity contribution in [2.24, 2.45) is 11.7 Å². The zero-order chi connectivity index (χ0) is 23.4. The van der Waals surface area contributed by atoms with Gasteiger partial charge in [0.15, 0.2) is 0 Å². The Hall–Kier alpha value is -3.31.